The number of aliphatic hydroxyl groups is 1. The number of nitrogens with one attached hydrogen (secondary N) is 1. The lowest BCUT2D eigenvalue weighted by Crippen LogP contribution is -2.53. The minimum atomic E-state index is -1.51. The van der Waals surface area contributed by atoms with E-state index in [1.807, 2.05) is 61.5 Å². The molecule has 0 aliphatic carbocycles. The van der Waals surface area contributed by atoms with Crippen LogP contribution in [-0.2, 0) is 16.1 Å². The average Bonchev–Trinajstić information content (AvgIpc) is 2.70. The SMILES string of the molecule is CCCC[C@H](O)[C@](C)(OCc1ccc(-c2ccccc2)cc1)C(=O)NO. The quantitative estimate of drug-likeness (QED) is 0.472. The summed E-state index contributed by atoms with van der Waals surface area (Å²) < 4.78 is 5.75. The van der Waals surface area contributed by atoms with E-state index in [-0.39, 0.29) is 6.61 Å². The molecule has 0 radical (unpaired) electrons. The standard InChI is InChI=1S/C21H27NO4/c1-3-4-10-19(23)21(2,20(24)22-25)26-15-16-11-13-18(14-12-16)17-8-6-5-7-9-17/h5-9,11-14,19,23,25H,3-4,10,15H2,1-2H3,(H,22,24)/t19-,21-/m0/s1. The highest BCUT2D eigenvalue weighted by atomic mass is 16.5. The van der Waals surface area contributed by atoms with Crippen molar-refractivity contribution in [3.8, 4) is 11.1 Å². The number of aliphatic hydroxyl groups excluding tert-OH is 1. The van der Waals surface area contributed by atoms with Gasteiger partial charge in [0.15, 0.2) is 5.60 Å². The fourth-order valence-electron chi connectivity index (χ4n) is 2.75. The normalized spacial score (nSPS) is 14.5. The summed E-state index contributed by atoms with van der Waals surface area (Å²) >= 11 is 0. The summed E-state index contributed by atoms with van der Waals surface area (Å²) in [4.78, 5) is 12.1. The fourth-order valence-corrected chi connectivity index (χ4v) is 2.75. The number of carbonyl (C=O) groups excluding carboxylic acids is 1. The van der Waals surface area contributed by atoms with Gasteiger partial charge in [-0.1, -0.05) is 74.4 Å². The van der Waals surface area contributed by atoms with Crippen LogP contribution in [0.25, 0.3) is 11.1 Å². The van der Waals surface area contributed by atoms with Gasteiger partial charge in [0, 0.05) is 0 Å². The van der Waals surface area contributed by atoms with Crippen molar-refractivity contribution in [2.75, 3.05) is 0 Å². The molecular weight excluding hydrogens is 330 g/mol. The maximum absolute atomic E-state index is 12.1. The van der Waals surface area contributed by atoms with E-state index in [1.54, 1.807) is 5.48 Å². The number of unbranched alkanes of at least 4 members (excludes halogenated alkanes) is 1. The molecule has 3 N–H and O–H groups in total. The van der Waals surface area contributed by atoms with Gasteiger partial charge in [0.05, 0.1) is 12.7 Å². The molecule has 0 aromatic heterocycles. The summed E-state index contributed by atoms with van der Waals surface area (Å²) in [5, 5.41) is 19.4. The Bertz CT molecular complexity index is 687. The molecule has 0 saturated heterocycles. The van der Waals surface area contributed by atoms with Crippen molar-refractivity contribution < 1.29 is 19.8 Å². The number of hydrogen-bond acceptors (Lipinski definition) is 4. The van der Waals surface area contributed by atoms with Gasteiger partial charge in [-0.2, -0.15) is 0 Å². The molecular formula is C21H27NO4. The zero-order valence-electron chi connectivity index (χ0n) is 15.3. The summed E-state index contributed by atoms with van der Waals surface area (Å²) in [6.45, 7) is 3.66. The van der Waals surface area contributed by atoms with E-state index in [4.69, 9.17) is 9.94 Å². The van der Waals surface area contributed by atoms with Crippen LogP contribution in [0, 0.1) is 0 Å². The number of hydroxylamine groups is 1. The molecule has 5 nitrogen and oxygen atoms in total. The molecule has 2 rings (SSSR count). The number of carbonyl (C=O) groups is 1. The Kier molecular flexibility index (Phi) is 7.33. The van der Waals surface area contributed by atoms with Gasteiger partial charge in [0.1, 0.15) is 0 Å². The first-order valence-electron chi connectivity index (χ1n) is 8.92. The second kappa shape index (κ2) is 9.48. The molecule has 1 amide bonds. The van der Waals surface area contributed by atoms with E-state index in [1.165, 1.54) is 6.92 Å². The molecule has 5 heteroatoms. The summed E-state index contributed by atoms with van der Waals surface area (Å²) in [5.74, 6) is -0.748. The van der Waals surface area contributed by atoms with Crippen LogP contribution in [0.1, 0.15) is 38.7 Å². The van der Waals surface area contributed by atoms with E-state index in [0.717, 1.165) is 29.5 Å². The Morgan fingerprint density at radius 1 is 1.12 bits per heavy atom. The molecule has 26 heavy (non-hydrogen) atoms. The van der Waals surface area contributed by atoms with Crippen LogP contribution >= 0.6 is 0 Å². The third-order valence-corrected chi connectivity index (χ3v) is 4.62. The van der Waals surface area contributed by atoms with E-state index >= 15 is 0 Å². The highest BCUT2D eigenvalue weighted by Gasteiger charge is 2.41. The molecule has 140 valence electrons. The Morgan fingerprint density at radius 3 is 2.31 bits per heavy atom. The van der Waals surface area contributed by atoms with Crippen molar-refractivity contribution in [3.63, 3.8) is 0 Å². The van der Waals surface area contributed by atoms with Crippen LogP contribution < -0.4 is 5.48 Å². The molecule has 0 spiro atoms. The van der Waals surface area contributed by atoms with E-state index in [0.29, 0.717) is 6.42 Å². The van der Waals surface area contributed by atoms with Crippen molar-refractivity contribution in [1.29, 1.82) is 0 Å². The van der Waals surface area contributed by atoms with Crippen LogP contribution in [0.15, 0.2) is 54.6 Å². The smallest absolute Gasteiger partial charge is 0.277 e. The lowest BCUT2D eigenvalue weighted by Gasteiger charge is -2.32. The topological polar surface area (TPSA) is 78.8 Å². The fraction of sp³-hybridized carbons (Fsp3) is 0.381. The summed E-state index contributed by atoms with van der Waals surface area (Å²) in [6, 6.07) is 17.9. The van der Waals surface area contributed by atoms with Gasteiger partial charge in [0.25, 0.3) is 5.91 Å². The molecule has 0 unspecified atom stereocenters. The molecule has 0 aliphatic rings. The zero-order valence-corrected chi connectivity index (χ0v) is 15.3. The van der Waals surface area contributed by atoms with E-state index < -0.39 is 17.6 Å². The van der Waals surface area contributed by atoms with Crippen LogP contribution in [0.5, 0.6) is 0 Å². The van der Waals surface area contributed by atoms with Crippen LogP contribution in [0.4, 0.5) is 0 Å². The average molecular weight is 357 g/mol. The first-order valence-corrected chi connectivity index (χ1v) is 8.92. The number of benzene rings is 2. The second-order valence-electron chi connectivity index (χ2n) is 6.56. The van der Waals surface area contributed by atoms with E-state index in [2.05, 4.69) is 0 Å². The predicted molar refractivity (Wildman–Crippen MR) is 101 cm³/mol. The molecule has 0 aliphatic heterocycles. The van der Waals surface area contributed by atoms with Crippen LogP contribution in [0.2, 0.25) is 0 Å². The third kappa shape index (κ3) is 4.91. The van der Waals surface area contributed by atoms with Gasteiger partial charge in [-0.25, -0.2) is 5.48 Å². The third-order valence-electron chi connectivity index (χ3n) is 4.62. The summed E-state index contributed by atoms with van der Waals surface area (Å²) in [6.07, 6.45) is 1.09. The molecule has 0 bridgehead atoms. The Morgan fingerprint density at radius 2 is 1.73 bits per heavy atom. The van der Waals surface area contributed by atoms with Gasteiger partial charge in [-0.05, 0) is 30.0 Å². The lowest BCUT2D eigenvalue weighted by atomic mass is 9.93. The predicted octanol–water partition coefficient (Wildman–Crippen LogP) is 3.69. The number of hydrogen-bond donors (Lipinski definition) is 3. The van der Waals surface area contributed by atoms with Gasteiger partial charge in [-0.15, -0.1) is 0 Å². The largest absolute Gasteiger partial charge is 0.390 e. The Hall–Kier alpha value is -2.21. The van der Waals surface area contributed by atoms with Gasteiger partial charge in [-0.3, -0.25) is 10.0 Å². The minimum Gasteiger partial charge on any atom is -0.390 e. The first-order chi connectivity index (χ1) is 12.5. The maximum Gasteiger partial charge on any atom is 0.277 e. The minimum absolute atomic E-state index is 0.155. The molecule has 2 aromatic rings. The van der Waals surface area contributed by atoms with Crippen LogP contribution in [-0.4, -0.2) is 27.9 Å². The highest BCUT2D eigenvalue weighted by Crippen LogP contribution is 2.24. The molecule has 2 aromatic carbocycles. The highest BCUT2D eigenvalue weighted by molar-refractivity contribution is 5.84. The number of rotatable bonds is 9. The first kappa shape index (κ1) is 20.1. The molecule has 0 fully saturated rings. The van der Waals surface area contributed by atoms with Crippen LogP contribution in [0.3, 0.4) is 0 Å². The lowest BCUT2D eigenvalue weighted by molar-refractivity contribution is -0.173. The number of amides is 1. The van der Waals surface area contributed by atoms with Gasteiger partial charge < -0.3 is 9.84 Å². The van der Waals surface area contributed by atoms with Crippen molar-refractivity contribution in [2.45, 2.75) is 51.4 Å². The van der Waals surface area contributed by atoms with Gasteiger partial charge in [0.2, 0.25) is 0 Å². The van der Waals surface area contributed by atoms with Gasteiger partial charge >= 0.3 is 0 Å². The van der Waals surface area contributed by atoms with Crippen molar-refractivity contribution in [2.24, 2.45) is 0 Å². The van der Waals surface area contributed by atoms with Crippen molar-refractivity contribution in [3.05, 3.63) is 60.2 Å². The molecule has 0 heterocycles. The Balaban J connectivity index is 2.07. The van der Waals surface area contributed by atoms with Crippen molar-refractivity contribution in [1.82, 2.24) is 5.48 Å². The Labute approximate surface area is 154 Å². The number of ether oxygens (including phenoxy) is 1. The molecule has 0 saturated carbocycles. The molecule has 2 atom stereocenters. The second-order valence-corrected chi connectivity index (χ2v) is 6.56. The zero-order chi connectivity index (χ0) is 19.0. The monoisotopic (exact) mass is 357 g/mol. The summed E-state index contributed by atoms with van der Waals surface area (Å²) in [7, 11) is 0. The van der Waals surface area contributed by atoms with E-state index in [9.17, 15) is 9.90 Å². The van der Waals surface area contributed by atoms with Crippen molar-refractivity contribution >= 4 is 5.91 Å². The maximum atomic E-state index is 12.1. The summed E-state index contributed by atoms with van der Waals surface area (Å²) in [5.41, 5.74) is 3.19.